The molecule has 2 nitrogen and oxygen atoms in total. The minimum Gasteiger partial charge on any atom is -0.488 e. The van der Waals surface area contributed by atoms with E-state index in [1.54, 1.807) is 0 Å². The summed E-state index contributed by atoms with van der Waals surface area (Å²) in [5, 5.41) is 0. The maximum Gasteiger partial charge on any atom is 0.134 e. The Morgan fingerprint density at radius 2 is 1.68 bits per heavy atom. The molecule has 19 heavy (non-hydrogen) atoms. The lowest BCUT2D eigenvalue weighted by atomic mass is 10.1. The van der Waals surface area contributed by atoms with Crippen molar-refractivity contribution in [1.29, 1.82) is 0 Å². The highest BCUT2D eigenvalue weighted by atomic mass is 79.9. The second-order valence-electron chi connectivity index (χ2n) is 4.75. The summed E-state index contributed by atoms with van der Waals surface area (Å²) in [6, 6.07) is 12.4. The van der Waals surface area contributed by atoms with E-state index in [0.717, 1.165) is 15.8 Å². The minimum absolute atomic E-state index is 0.538. The van der Waals surface area contributed by atoms with E-state index < -0.39 is 0 Å². The molecule has 2 aromatic carbocycles. The van der Waals surface area contributed by atoms with E-state index in [4.69, 9.17) is 10.5 Å². The molecule has 0 saturated carbocycles. The fourth-order valence-electron chi connectivity index (χ4n) is 2.10. The van der Waals surface area contributed by atoms with Crippen molar-refractivity contribution in [3.63, 3.8) is 0 Å². The van der Waals surface area contributed by atoms with E-state index in [0.29, 0.717) is 13.2 Å². The van der Waals surface area contributed by atoms with Crippen LogP contribution < -0.4 is 10.5 Å². The number of hydrogen-bond donors (Lipinski definition) is 1. The second-order valence-corrected chi connectivity index (χ2v) is 5.61. The maximum atomic E-state index is 5.84. The van der Waals surface area contributed by atoms with E-state index in [2.05, 4.69) is 48.0 Å². The van der Waals surface area contributed by atoms with Gasteiger partial charge in [0.05, 0.1) is 4.47 Å². The zero-order valence-corrected chi connectivity index (χ0v) is 12.8. The fourth-order valence-corrected chi connectivity index (χ4v) is 2.64. The number of rotatable bonds is 4. The molecule has 0 aromatic heterocycles. The Morgan fingerprint density at radius 3 is 2.26 bits per heavy atom. The minimum atomic E-state index is 0.538. The largest absolute Gasteiger partial charge is 0.488 e. The normalized spacial score (nSPS) is 10.5. The Morgan fingerprint density at radius 1 is 1.00 bits per heavy atom. The van der Waals surface area contributed by atoms with Crippen LogP contribution in [-0.2, 0) is 13.2 Å². The third-order valence-electron chi connectivity index (χ3n) is 2.91. The summed E-state index contributed by atoms with van der Waals surface area (Å²) < 4.78 is 6.79. The molecule has 0 fully saturated rings. The maximum absolute atomic E-state index is 5.84. The van der Waals surface area contributed by atoms with Crippen LogP contribution in [0.2, 0.25) is 0 Å². The van der Waals surface area contributed by atoms with Gasteiger partial charge < -0.3 is 10.5 Å². The van der Waals surface area contributed by atoms with E-state index in [1.165, 1.54) is 16.7 Å². The van der Waals surface area contributed by atoms with Gasteiger partial charge in [0.1, 0.15) is 12.4 Å². The van der Waals surface area contributed by atoms with Crippen LogP contribution in [0.25, 0.3) is 0 Å². The number of aryl methyl sites for hydroxylation is 2. The zero-order chi connectivity index (χ0) is 13.8. The van der Waals surface area contributed by atoms with Crippen LogP contribution in [0.15, 0.2) is 40.9 Å². The SMILES string of the molecule is Cc1cc(C)cc(COc2ccc(CN)cc2Br)c1. The molecule has 0 amide bonds. The topological polar surface area (TPSA) is 35.2 Å². The van der Waals surface area contributed by atoms with Crippen LogP contribution >= 0.6 is 15.9 Å². The van der Waals surface area contributed by atoms with E-state index in [9.17, 15) is 0 Å². The molecule has 3 heteroatoms. The van der Waals surface area contributed by atoms with Crippen molar-refractivity contribution < 1.29 is 4.74 Å². The first-order valence-corrected chi connectivity index (χ1v) is 7.06. The van der Waals surface area contributed by atoms with E-state index in [1.807, 2.05) is 18.2 Å². The van der Waals surface area contributed by atoms with Crippen LogP contribution in [0.5, 0.6) is 5.75 Å². The second kappa shape index (κ2) is 6.22. The first-order valence-electron chi connectivity index (χ1n) is 6.27. The molecular weight excluding hydrogens is 302 g/mol. The molecule has 100 valence electrons. The summed E-state index contributed by atoms with van der Waals surface area (Å²) in [5.41, 5.74) is 10.4. The molecular formula is C16H18BrNO. The Balaban J connectivity index is 2.10. The van der Waals surface area contributed by atoms with Gasteiger partial charge in [-0.3, -0.25) is 0 Å². The molecule has 0 aliphatic rings. The molecule has 0 aliphatic carbocycles. The molecule has 0 spiro atoms. The molecule has 0 unspecified atom stereocenters. The molecule has 2 rings (SSSR count). The molecule has 0 heterocycles. The highest BCUT2D eigenvalue weighted by molar-refractivity contribution is 9.10. The summed E-state index contributed by atoms with van der Waals surface area (Å²) in [4.78, 5) is 0. The smallest absolute Gasteiger partial charge is 0.134 e. The van der Waals surface area contributed by atoms with Crippen molar-refractivity contribution in [3.05, 3.63) is 63.1 Å². The van der Waals surface area contributed by atoms with Crippen molar-refractivity contribution >= 4 is 15.9 Å². The van der Waals surface area contributed by atoms with Crippen molar-refractivity contribution in [2.24, 2.45) is 5.73 Å². The molecule has 2 N–H and O–H groups in total. The predicted octanol–water partition coefficient (Wildman–Crippen LogP) is 4.10. The Bertz CT molecular complexity index is 561. The number of hydrogen-bond acceptors (Lipinski definition) is 2. The van der Waals surface area contributed by atoms with Crippen molar-refractivity contribution in [2.75, 3.05) is 0 Å². The zero-order valence-electron chi connectivity index (χ0n) is 11.2. The highest BCUT2D eigenvalue weighted by Gasteiger charge is 2.03. The summed E-state index contributed by atoms with van der Waals surface area (Å²) in [7, 11) is 0. The van der Waals surface area contributed by atoms with Gasteiger partial charge in [0.25, 0.3) is 0 Å². The molecule has 0 saturated heterocycles. The van der Waals surface area contributed by atoms with E-state index >= 15 is 0 Å². The van der Waals surface area contributed by atoms with Crippen LogP contribution in [-0.4, -0.2) is 0 Å². The number of ether oxygens (including phenoxy) is 1. The fraction of sp³-hybridized carbons (Fsp3) is 0.250. The summed E-state index contributed by atoms with van der Waals surface area (Å²) in [6.07, 6.45) is 0. The third-order valence-corrected chi connectivity index (χ3v) is 3.53. The first-order chi connectivity index (χ1) is 9.08. The van der Waals surface area contributed by atoms with Gasteiger partial charge in [-0.1, -0.05) is 35.4 Å². The van der Waals surface area contributed by atoms with Gasteiger partial charge in [-0.2, -0.15) is 0 Å². The first kappa shape index (κ1) is 14.1. The average molecular weight is 320 g/mol. The summed E-state index contributed by atoms with van der Waals surface area (Å²) >= 11 is 3.51. The molecule has 0 atom stereocenters. The van der Waals surface area contributed by atoms with Gasteiger partial charge in [-0.05, 0) is 53.0 Å². The van der Waals surface area contributed by atoms with Gasteiger partial charge >= 0.3 is 0 Å². The van der Waals surface area contributed by atoms with Gasteiger partial charge in [-0.15, -0.1) is 0 Å². The van der Waals surface area contributed by atoms with Gasteiger partial charge in [0.2, 0.25) is 0 Å². The lowest BCUT2D eigenvalue weighted by Crippen LogP contribution is -1.99. The molecule has 0 aliphatic heterocycles. The van der Waals surface area contributed by atoms with Crippen LogP contribution in [0.4, 0.5) is 0 Å². The molecule has 2 aromatic rings. The van der Waals surface area contributed by atoms with Gasteiger partial charge in [0.15, 0.2) is 0 Å². The number of nitrogens with two attached hydrogens (primary N) is 1. The quantitative estimate of drug-likeness (QED) is 0.920. The monoisotopic (exact) mass is 319 g/mol. The van der Waals surface area contributed by atoms with Crippen molar-refractivity contribution in [2.45, 2.75) is 27.0 Å². The average Bonchev–Trinajstić information content (AvgIpc) is 2.36. The summed E-state index contributed by atoms with van der Waals surface area (Å²) in [6.45, 7) is 5.31. The van der Waals surface area contributed by atoms with Crippen LogP contribution in [0, 0.1) is 13.8 Å². The summed E-state index contributed by atoms with van der Waals surface area (Å²) in [5.74, 6) is 0.844. The number of benzene rings is 2. The van der Waals surface area contributed by atoms with Crippen molar-refractivity contribution in [1.82, 2.24) is 0 Å². The van der Waals surface area contributed by atoms with Crippen molar-refractivity contribution in [3.8, 4) is 5.75 Å². The van der Waals surface area contributed by atoms with Crippen LogP contribution in [0.3, 0.4) is 0 Å². The van der Waals surface area contributed by atoms with Gasteiger partial charge in [-0.25, -0.2) is 0 Å². The molecule has 0 radical (unpaired) electrons. The van der Waals surface area contributed by atoms with Gasteiger partial charge in [0, 0.05) is 6.54 Å². The Hall–Kier alpha value is -1.32. The Labute approximate surface area is 122 Å². The standard InChI is InChI=1S/C16H18BrNO/c1-11-5-12(2)7-14(6-11)10-19-16-4-3-13(9-18)8-15(16)17/h3-8H,9-10,18H2,1-2H3. The lowest BCUT2D eigenvalue weighted by molar-refractivity contribution is 0.304. The predicted molar refractivity (Wildman–Crippen MR) is 82.3 cm³/mol. The Kier molecular flexibility index (Phi) is 4.61. The van der Waals surface area contributed by atoms with Crippen LogP contribution in [0.1, 0.15) is 22.3 Å². The number of halogens is 1. The molecule has 0 bridgehead atoms. The van der Waals surface area contributed by atoms with E-state index in [-0.39, 0.29) is 0 Å². The third kappa shape index (κ3) is 3.82. The highest BCUT2D eigenvalue weighted by Crippen LogP contribution is 2.26. The lowest BCUT2D eigenvalue weighted by Gasteiger charge is -2.10.